The maximum absolute atomic E-state index is 14.4. The maximum atomic E-state index is 14.4. The van der Waals surface area contributed by atoms with Gasteiger partial charge in [-0.3, -0.25) is 9.69 Å². The fraction of sp³-hybridized carbons (Fsp3) is 0.517. The monoisotopic (exact) mass is 496 g/mol. The van der Waals surface area contributed by atoms with Gasteiger partial charge in [-0.2, -0.15) is 0 Å². The highest BCUT2D eigenvalue weighted by Crippen LogP contribution is 2.30. The Balaban J connectivity index is 1.62. The fourth-order valence-electron chi connectivity index (χ4n) is 5.38. The number of halogens is 2. The molecule has 0 spiro atoms. The van der Waals surface area contributed by atoms with E-state index in [0.29, 0.717) is 18.4 Å². The molecule has 36 heavy (non-hydrogen) atoms. The molecule has 0 N–H and O–H groups in total. The molecule has 0 saturated carbocycles. The lowest BCUT2D eigenvalue weighted by Crippen LogP contribution is -2.39. The number of nitrogens with zero attached hydrogens (tertiary/aromatic N) is 4. The Morgan fingerprint density at radius 2 is 1.92 bits per heavy atom. The largest absolute Gasteiger partial charge is 0.331 e. The van der Waals surface area contributed by atoms with E-state index < -0.39 is 17.5 Å². The zero-order chi connectivity index (χ0) is 25.9. The van der Waals surface area contributed by atoms with Crippen molar-refractivity contribution in [3.63, 3.8) is 0 Å². The Labute approximate surface area is 213 Å². The molecule has 1 aliphatic rings. The van der Waals surface area contributed by atoms with Crippen LogP contribution in [0.1, 0.15) is 75.1 Å². The molecule has 1 fully saturated rings. The van der Waals surface area contributed by atoms with Crippen LogP contribution < -0.4 is 0 Å². The summed E-state index contributed by atoms with van der Waals surface area (Å²) in [6.45, 7) is 13.3. The number of hydrogen-bond donors (Lipinski definition) is 0. The number of carbonyl (C=O) groups excluding carboxylic acids is 1. The molecule has 5 nitrogen and oxygen atoms in total. The second-order valence-corrected chi connectivity index (χ2v) is 10.8. The topological polar surface area (TPSA) is 41.4 Å². The molecule has 0 unspecified atom stereocenters. The van der Waals surface area contributed by atoms with E-state index in [0.717, 1.165) is 67.7 Å². The van der Waals surface area contributed by atoms with Gasteiger partial charge in [0.1, 0.15) is 17.5 Å². The van der Waals surface area contributed by atoms with Crippen LogP contribution in [0.15, 0.2) is 36.4 Å². The third-order valence-electron chi connectivity index (χ3n) is 7.00. The first-order valence-corrected chi connectivity index (χ1v) is 13.2. The summed E-state index contributed by atoms with van der Waals surface area (Å²) in [5.74, 6) is -1.09. The molecule has 194 valence electrons. The van der Waals surface area contributed by atoms with Gasteiger partial charge >= 0.3 is 0 Å². The van der Waals surface area contributed by atoms with Crippen molar-refractivity contribution < 1.29 is 13.6 Å². The van der Waals surface area contributed by atoms with Gasteiger partial charge in [0.05, 0.1) is 23.1 Å². The van der Waals surface area contributed by atoms with Crippen LogP contribution in [0.2, 0.25) is 0 Å². The van der Waals surface area contributed by atoms with Gasteiger partial charge in [0, 0.05) is 26.2 Å². The quantitative estimate of drug-likeness (QED) is 0.344. The van der Waals surface area contributed by atoms with Crippen LogP contribution in [0.3, 0.4) is 0 Å². The number of benzene rings is 2. The van der Waals surface area contributed by atoms with E-state index in [-0.39, 0.29) is 12.1 Å². The molecule has 0 bridgehead atoms. The summed E-state index contributed by atoms with van der Waals surface area (Å²) in [5, 5.41) is 0. The number of likely N-dealkylation sites (tertiary alicyclic amines) is 1. The summed E-state index contributed by atoms with van der Waals surface area (Å²) in [5.41, 5.74) is 3.28. The third-order valence-corrected chi connectivity index (χ3v) is 7.00. The molecule has 1 saturated heterocycles. The highest BCUT2D eigenvalue weighted by Gasteiger charge is 2.26. The molecule has 1 amide bonds. The molecule has 0 aliphatic carbocycles. The van der Waals surface area contributed by atoms with Crippen molar-refractivity contribution in [2.75, 3.05) is 19.6 Å². The van der Waals surface area contributed by atoms with Crippen molar-refractivity contribution >= 4 is 16.9 Å². The number of piperidine rings is 1. The van der Waals surface area contributed by atoms with Crippen LogP contribution in [0.4, 0.5) is 8.78 Å². The molecule has 2 heterocycles. The van der Waals surface area contributed by atoms with E-state index >= 15 is 0 Å². The van der Waals surface area contributed by atoms with Crippen LogP contribution in [0.5, 0.6) is 0 Å². The summed E-state index contributed by atoms with van der Waals surface area (Å²) in [7, 11) is 0. The molecule has 0 radical (unpaired) electrons. The van der Waals surface area contributed by atoms with E-state index in [1.807, 2.05) is 6.92 Å². The predicted molar refractivity (Wildman–Crippen MR) is 140 cm³/mol. The molecule has 2 aromatic carbocycles. The Hall–Kier alpha value is -2.80. The number of aryl methyl sites for hydroxylation is 1. The predicted octanol–water partition coefficient (Wildman–Crippen LogP) is 6.40. The van der Waals surface area contributed by atoms with Gasteiger partial charge < -0.3 is 9.47 Å². The molecule has 0 atom stereocenters. The van der Waals surface area contributed by atoms with Gasteiger partial charge in [0.15, 0.2) is 0 Å². The Bertz CT molecular complexity index is 1220. The SMILES string of the molecule is CCCN(Cc1nc2cc(CN3CCCC(C)(C)C3)ccc2n1CCC)C(=O)c1cc(F)ccc1F. The normalized spacial score (nSPS) is 15.9. The second-order valence-electron chi connectivity index (χ2n) is 10.8. The molecule has 4 rings (SSSR count). The summed E-state index contributed by atoms with van der Waals surface area (Å²) in [6, 6.07) is 9.47. The molecule has 1 aromatic heterocycles. The Morgan fingerprint density at radius 3 is 2.64 bits per heavy atom. The smallest absolute Gasteiger partial charge is 0.257 e. The number of imidazole rings is 1. The summed E-state index contributed by atoms with van der Waals surface area (Å²) in [6.07, 6.45) is 4.11. The van der Waals surface area contributed by atoms with Crippen LogP contribution >= 0.6 is 0 Å². The first kappa shape index (κ1) is 26.3. The second kappa shape index (κ2) is 11.1. The zero-order valence-electron chi connectivity index (χ0n) is 22.0. The van der Waals surface area contributed by atoms with Crippen LogP contribution in [0, 0.1) is 17.0 Å². The Morgan fingerprint density at radius 1 is 1.11 bits per heavy atom. The average molecular weight is 497 g/mol. The number of hydrogen-bond acceptors (Lipinski definition) is 3. The minimum Gasteiger partial charge on any atom is -0.331 e. The number of aromatic nitrogens is 2. The first-order valence-electron chi connectivity index (χ1n) is 13.2. The van der Waals surface area contributed by atoms with Gasteiger partial charge in [0.2, 0.25) is 0 Å². The summed E-state index contributed by atoms with van der Waals surface area (Å²) in [4.78, 5) is 22.2. The number of fused-ring (bicyclic) bond motifs is 1. The van der Waals surface area contributed by atoms with Gasteiger partial charge in [-0.05, 0) is 73.5 Å². The van der Waals surface area contributed by atoms with E-state index in [9.17, 15) is 13.6 Å². The van der Waals surface area contributed by atoms with Crippen molar-refractivity contribution in [2.45, 2.75) is 73.0 Å². The average Bonchev–Trinajstić information content (AvgIpc) is 3.15. The fourth-order valence-corrected chi connectivity index (χ4v) is 5.38. The first-order chi connectivity index (χ1) is 17.2. The van der Waals surface area contributed by atoms with Crippen LogP contribution in [0.25, 0.3) is 11.0 Å². The van der Waals surface area contributed by atoms with Crippen LogP contribution in [-0.4, -0.2) is 44.9 Å². The van der Waals surface area contributed by atoms with Gasteiger partial charge in [0.25, 0.3) is 5.91 Å². The maximum Gasteiger partial charge on any atom is 0.257 e. The lowest BCUT2D eigenvalue weighted by atomic mass is 9.84. The van der Waals surface area contributed by atoms with Crippen molar-refractivity contribution in [1.82, 2.24) is 19.4 Å². The number of amides is 1. The summed E-state index contributed by atoms with van der Waals surface area (Å²) < 4.78 is 30.3. The van der Waals surface area contributed by atoms with Gasteiger partial charge in [-0.15, -0.1) is 0 Å². The van der Waals surface area contributed by atoms with Crippen molar-refractivity contribution in [3.8, 4) is 0 Å². The molecular weight excluding hydrogens is 458 g/mol. The molecular formula is C29H38F2N4O. The van der Waals surface area contributed by atoms with E-state index in [4.69, 9.17) is 4.98 Å². The number of carbonyl (C=O) groups is 1. The van der Waals surface area contributed by atoms with E-state index in [1.165, 1.54) is 18.4 Å². The minimum absolute atomic E-state index is 0.242. The van der Waals surface area contributed by atoms with E-state index in [2.05, 4.69) is 48.4 Å². The highest BCUT2D eigenvalue weighted by atomic mass is 19.1. The van der Waals surface area contributed by atoms with E-state index in [1.54, 1.807) is 4.90 Å². The minimum atomic E-state index is -0.713. The zero-order valence-corrected chi connectivity index (χ0v) is 22.0. The standard InChI is InChI=1S/C29H38F2N4O/c1-5-13-34(28(36)23-17-22(30)9-10-24(23)31)19-27-32-25-16-21(8-11-26(25)35(27)14-6-2)18-33-15-7-12-29(3,4)20-33/h8-11,16-17H,5-7,12-15,18-20H2,1-4H3. The third kappa shape index (κ3) is 5.94. The highest BCUT2D eigenvalue weighted by molar-refractivity contribution is 5.94. The molecule has 3 aromatic rings. The summed E-state index contributed by atoms with van der Waals surface area (Å²) >= 11 is 0. The van der Waals surface area contributed by atoms with Crippen molar-refractivity contribution in [2.24, 2.45) is 5.41 Å². The Kier molecular flexibility index (Phi) is 8.08. The van der Waals surface area contributed by atoms with Gasteiger partial charge in [-0.1, -0.05) is 33.8 Å². The van der Waals surface area contributed by atoms with Gasteiger partial charge in [-0.25, -0.2) is 13.8 Å². The molecule has 1 aliphatic heterocycles. The number of rotatable bonds is 9. The van der Waals surface area contributed by atoms with Crippen molar-refractivity contribution in [1.29, 1.82) is 0 Å². The van der Waals surface area contributed by atoms with Crippen molar-refractivity contribution in [3.05, 3.63) is 65.0 Å². The lowest BCUT2D eigenvalue weighted by molar-refractivity contribution is 0.0732. The lowest BCUT2D eigenvalue weighted by Gasteiger charge is -2.38. The van der Waals surface area contributed by atoms with Crippen LogP contribution in [-0.2, 0) is 19.6 Å². The molecule has 7 heteroatoms.